The topological polar surface area (TPSA) is 91.5 Å². The first-order chi connectivity index (χ1) is 11.4. The Hall–Kier alpha value is -2.53. The number of carbonyl (C=O) groups excluding carboxylic acids is 2. The number of aromatic nitrogens is 1. The second-order valence-electron chi connectivity index (χ2n) is 4.40. The summed E-state index contributed by atoms with van der Waals surface area (Å²) in [5, 5.41) is 0. The monoisotopic (exact) mass is 374 g/mol. The maximum absolute atomic E-state index is 13.2. The maximum Gasteiger partial charge on any atom is 0.434 e. The van der Waals surface area contributed by atoms with Gasteiger partial charge in [0.1, 0.15) is 11.1 Å². The Labute approximate surface area is 136 Å². The van der Waals surface area contributed by atoms with Gasteiger partial charge in [-0.1, -0.05) is 0 Å². The fourth-order valence-electron chi connectivity index (χ4n) is 1.88. The van der Waals surface area contributed by atoms with Crippen molar-refractivity contribution in [1.29, 1.82) is 0 Å². The number of nitrogens with two attached hydrogens (primary N) is 1. The molecule has 0 bridgehead atoms. The van der Waals surface area contributed by atoms with Gasteiger partial charge in [0.25, 0.3) is 5.91 Å². The number of primary amides is 1. The minimum atomic E-state index is -5.45. The molecule has 25 heavy (non-hydrogen) atoms. The number of halogens is 6. The number of hydrogen-bond acceptors (Lipinski definition) is 5. The highest BCUT2D eigenvalue weighted by molar-refractivity contribution is 6.03. The molecule has 1 rings (SSSR count). The van der Waals surface area contributed by atoms with Crippen LogP contribution in [0.2, 0.25) is 0 Å². The van der Waals surface area contributed by atoms with Crippen molar-refractivity contribution in [3.63, 3.8) is 0 Å². The van der Waals surface area contributed by atoms with E-state index in [4.69, 9.17) is 10.5 Å². The van der Waals surface area contributed by atoms with Crippen LogP contribution in [0.4, 0.5) is 26.3 Å². The van der Waals surface area contributed by atoms with E-state index in [9.17, 15) is 35.9 Å². The van der Waals surface area contributed by atoms with E-state index in [2.05, 4.69) is 9.72 Å². The normalized spacial score (nSPS) is 12.0. The number of pyridine rings is 1. The van der Waals surface area contributed by atoms with Gasteiger partial charge in [-0.3, -0.25) is 4.79 Å². The third-order valence-electron chi connectivity index (χ3n) is 2.70. The predicted octanol–water partition coefficient (Wildman–Crippen LogP) is 2.79. The molecular formula is C13H12F6N2O4. The summed E-state index contributed by atoms with van der Waals surface area (Å²) in [4.78, 5) is 25.7. The molecule has 0 atom stereocenters. The van der Waals surface area contributed by atoms with E-state index in [1.54, 1.807) is 0 Å². The van der Waals surface area contributed by atoms with Crippen LogP contribution in [0.25, 0.3) is 0 Å². The summed E-state index contributed by atoms with van der Waals surface area (Å²) in [6.07, 6.45) is -10.9. The van der Waals surface area contributed by atoms with Gasteiger partial charge in [-0.2, -0.15) is 26.3 Å². The number of alkyl halides is 6. The molecule has 1 aromatic rings. The van der Waals surface area contributed by atoms with Gasteiger partial charge in [-0.05, 0) is 13.8 Å². The first kappa shape index (κ1) is 20.5. The zero-order valence-corrected chi connectivity index (χ0v) is 12.8. The average molecular weight is 374 g/mol. The highest BCUT2D eigenvalue weighted by atomic mass is 19.4. The molecule has 0 unspecified atom stereocenters. The van der Waals surface area contributed by atoms with Crippen LogP contribution in [-0.2, 0) is 17.1 Å². The van der Waals surface area contributed by atoms with E-state index < -0.39 is 59.1 Å². The molecule has 0 aliphatic heterocycles. The number of hydrogen-bond donors (Lipinski definition) is 1. The molecule has 12 heteroatoms. The van der Waals surface area contributed by atoms with Gasteiger partial charge in [0, 0.05) is 0 Å². The smallest absolute Gasteiger partial charge is 0.434 e. The van der Waals surface area contributed by atoms with Gasteiger partial charge >= 0.3 is 18.3 Å². The van der Waals surface area contributed by atoms with Crippen molar-refractivity contribution in [3.8, 4) is 5.75 Å². The van der Waals surface area contributed by atoms with Gasteiger partial charge in [-0.15, -0.1) is 0 Å². The molecule has 2 N–H and O–H groups in total. The maximum atomic E-state index is 13.2. The lowest BCUT2D eigenvalue weighted by Crippen LogP contribution is -2.28. The molecular weight excluding hydrogens is 362 g/mol. The second-order valence-corrected chi connectivity index (χ2v) is 4.40. The molecule has 0 saturated heterocycles. The zero-order valence-electron chi connectivity index (χ0n) is 12.8. The number of amides is 1. The Bertz CT molecular complexity index is 685. The van der Waals surface area contributed by atoms with Gasteiger partial charge in [0.15, 0.2) is 17.1 Å². The van der Waals surface area contributed by atoms with E-state index in [0.29, 0.717) is 0 Å². The summed E-state index contributed by atoms with van der Waals surface area (Å²) in [5.74, 6) is -4.69. The fourth-order valence-corrected chi connectivity index (χ4v) is 1.88. The van der Waals surface area contributed by atoms with Crippen molar-refractivity contribution in [2.45, 2.75) is 26.2 Å². The Morgan fingerprint density at radius 2 is 1.44 bits per heavy atom. The van der Waals surface area contributed by atoms with Crippen molar-refractivity contribution in [2.75, 3.05) is 13.2 Å². The van der Waals surface area contributed by atoms with E-state index >= 15 is 0 Å². The summed E-state index contributed by atoms with van der Waals surface area (Å²) in [6, 6.07) is 0. The molecule has 0 aliphatic rings. The van der Waals surface area contributed by atoms with Gasteiger partial charge in [-0.25, -0.2) is 9.78 Å². The SMILES string of the molecule is CCOC(=O)c1c(C(F)(F)F)nc(C(F)(F)F)c(C(N)=O)c1OCC. The largest absolute Gasteiger partial charge is 0.492 e. The van der Waals surface area contributed by atoms with Crippen LogP contribution in [0.15, 0.2) is 0 Å². The highest BCUT2D eigenvalue weighted by Gasteiger charge is 2.47. The number of ether oxygens (including phenoxy) is 2. The van der Waals surface area contributed by atoms with Crippen molar-refractivity contribution >= 4 is 11.9 Å². The number of rotatable bonds is 5. The van der Waals surface area contributed by atoms with Gasteiger partial charge in [0.2, 0.25) is 0 Å². The summed E-state index contributed by atoms with van der Waals surface area (Å²) in [6.45, 7) is 1.65. The third-order valence-corrected chi connectivity index (χ3v) is 2.70. The fraction of sp³-hybridized carbons (Fsp3) is 0.462. The zero-order chi connectivity index (χ0) is 19.6. The van der Waals surface area contributed by atoms with Crippen LogP contribution in [0.3, 0.4) is 0 Å². The molecule has 6 nitrogen and oxygen atoms in total. The summed E-state index contributed by atoms with van der Waals surface area (Å²) in [5.41, 5.74) is -2.47. The van der Waals surface area contributed by atoms with E-state index in [1.807, 2.05) is 0 Å². The average Bonchev–Trinajstić information content (AvgIpc) is 2.44. The van der Waals surface area contributed by atoms with Crippen LogP contribution in [0, 0.1) is 0 Å². The highest BCUT2D eigenvalue weighted by Crippen LogP contribution is 2.42. The van der Waals surface area contributed by atoms with Gasteiger partial charge in [0.05, 0.1) is 13.2 Å². The lowest BCUT2D eigenvalue weighted by Gasteiger charge is -2.20. The Kier molecular flexibility index (Phi) is 5.87. The molecule has 0 fully saturated rings. The van der Waals surface area contributed by atoms with Crippen molar-refractivity contribution in [2.24, 2.45) is 5.73 Å². The van der Waals surface area contributed by atoms with Crippen molar-refractivity contribution < 1.29 is 45.4 Å². The number of esters is 1. The van der Waals surface area contributed by atoms with E-state index in [-0.39, 0.29) is 6.61 Å². The standard InChI is InChI=1S/C13H12F6N2O4/c1-3-24-7-5(10(20)22)8(12(14,15)16)21-9(13(17,18)19)6(7)11(23)25-4-2/h3-4H2,1-2H3,(H2,20,22). The van der Waals surface area contributed by atoms with E-state index in [1.165, 1.54) is 13.8 Å². The molecule has 0 radical (unpaired) electrons. The molecule has 0 aliphatic carbocycles. The minimum Gasteiger partial charge on any atom is -0.492 e. The Balaban J connectivity index is 4.05. The van der Waals surface area contributed by atoms with Gasteiger partial charge < -0.3 is 15.2 Å². The van der Waals surface area contributed by atoms with Crippen LogP contribution in [-0.4, -0.2) is 30.1 Å². The summed E-state index contributed by atoms with van der Waals surface area (Å²) < 4.78 is 87.8. The number of nitrogens with zero attached hydrogens (tertiary/aromatic N) is 1. The Morgan fingerprint density at radius 3 is 1.80 bits per heavy atom. The first-order valence-electron chi connectivity index (χ1n) is 6.68. The molecule has 1 aromatic heterocycles. The van der Waals surface area contributed by atoms with Crippen LogP contribution >= 0.6 is 0 Å². The molecule has 0 spiro atoms. The third kappa shape index (κ3) is 4.31. The minimum absolute atomic E-state index is 0.380. The lowest BCUT2D eigenvalue weighted by molar-refractivity contribution is -0.151. The quantitative estimate of drug-likeness (QED) is 0.632. The number of carbonyl (C=O) groups is 2. The van der Waals surface area contributed by atoms with Crippen molar-refractivity contribution in [3.05, 3.63) is 22.5 Å². The molecule has 0 saturated carbocycles. The molecule has 1 heterocycles. The van der Waals surface area contributed by atoms with Crippen molar-refractivity contribution in [1.82, 2.24) is 4.98 Å². The van der Waals surface area contributed by atoms with E-state index in [0.717, 1.165) is 0 Å². The Morgan fingerprint density at radius 1 is 0.960 bits per heavy atom. The molecule has 0 aromatic carbocycles. The molecule has 140 valence electrons. The van der Waals surface area contributed by atoms with Crippen LogP contribution in [0.5, 0.6) is 5.75 Å². The second kappa shape index (κ2) is 7.15. The predicted molar refractivity (Wildman–Crippen MR) is 69.9 cm³/mol. The van der Waals surface area contributed by atoms with Crippen LogP contribution < -0.4 is 10.5 Å². The molecule has 1 amide bonds. The van der Waals surface area contributed by atoms with Crippen LogP contribution in [0.1, 0.15) is 46.0 Å². The summed E-state index contributed by atoms with van der Waals surface area (Å²) >= 11 is 0. The first-order valence-corrected chi connectivity index (χ1v) is 6.68. The lowest BCUT2D eigenvalue weighted by atomic mass is 10.0. The summed E-state index contributed by atoms with van der Waals surface area (Å²) in [7, 11) is 0.